The maximum Gasteiger partial charge on any atom is 0.110 e. The fraction of sp³-hybridized carbons (Fsp3) is 0.357. The van der Waals surface area contributed by atoms with Crippen molar-refractivity contribution in [3.63, 3.8) is 0 Å². The second-order valence-corrected chi connectivity index (χ2v) is 5.51. The van der Waals surface area contributed by atoms with Crippen molar-refractivity contribution < 1.29 is 0 Å². The number of halogens is 1. The number of fused-ring (bicyclic) bond motifs is 1. The Hall–Kier alpha value is -1.13. The summed E-state index contributed by atoms with van der Waals surface area (Å²) in [6.07, 6.45) is 4.47. The predicted octanol–water partition coefficient (Wildman–Crippen LogP) is 2.83. The molecule has 0 saturated heterocycles. The number of hydrogen-bond acceptors (Lipinski definition) is 2. The van der Waals surface area contributed by atoms with Gasteiger partial charge in [0.2, 0.25) is 0 Å². The summed E-state index contributed by atoms with van der Waals surface area (Å²) in [6.45, 7) is 0.615. The number of H-pyrrole nitrogens is 1. The first kappa shape index (κ1) is 11.9. The molecule has 0 saturated carbocycles. The molecular weight excluding hydrogens is 290 g/mol. The van der Waals surface area contributed by atoms with Gasteiger partial charge in [0.25, 0.3) is 0 Å². The zero-order valence-corrected chi connectivity index (χ0v) is 11.8. The van der Waals surface area contributed by atoms with Crippen LogP contribution in [0.15, 0.2) is 22.8 Å². The lowest BCUT2D eigenvalue weighted by molar-refractivity contribution is 0.893. The Bertz CT molecular complexity index is 574. The number of aryl methyl sites for hydroxylation is 2. The van der Waals surface area contributed by atoms with Gasteiger partial charge >= 0.3 is 0 Å². The van der Waals surface area contributed by atoms with E-state index in [9.17, 15) is 0 Å². The molecule has 2 aromatic rings. The zero-order chi connectivity index (χ0) is 12.5. The number of aromatic amines is 1. The van der Waals surface area contributed by atoms with Crippen molar-refractivity contribution in [3.05, 3.63) is 39.8 Å². The molecule has 1 heterocycles. The van der Waals surface area contributed by atoms with E-state index in [2.05, 4.69) is 44.1 Å². The zero-order valence-electron chi connectivity index (χ0n) is 10.2. The molecule has 1 aliphatic carbocycles. The lowest BCUT2D eigenvalue weighted by atomic mass is 10.0. The summed E-state index contributed by atoms with van der Waals surface area (Å²) in [6, 6.07) is 6.67. The molecule has 0 atom stereocenters. The molecule has 1 aromatic heterocycles. The Labute approximate surface area is 115 Å². The summed E-state index contributed by atoms with van der Waals surface area (Å²) < 4.78 is 0.948. The van der Waals surface area contributed by atoms with Gasteiger partial charge in [-0.25, -0.2) is 4.98 Å². The number of rotatable bonds is 3. The summed E-state index contributed by atoms with van der Waals surface area (Å²) >= 11 is 3.55. The van der Waals surface area contributed by atoms with Crippen LogP contribution in [0.4, 0.5) is 0 Å². The van der Waals surface area contributed by atoms with Crippen LogP contribution in [0.5, 0.6) is 0 Å². The molecule has 0 unspecified atom stereocenters. The molecule has 0 fully saturated rings. The van der Waals surface area contributed by atoms with E-state index in [1.807, 2.05) is 0 Å². The normalized spacial score (nSPS) is 13.9. The van der Waals surface area contributed by atoms with Crippen LogP contribution in [-0.2, 0) is 19.3 Å². The van der Waals surface area contributed by atoms with E-state index in [0.29, 0.717) is 6.54 Å². The van der Waals surface area contributed by atoms with E-state index in [1.54, 1.807) is 0 Å². The van der Waals surface area contributed by atoms with E-state index in [-0.39, 0.29) is 0 Å². The molecule has 3 N–H and O–H groups in total. The van der Waals surface area contributed by atoms with Crippen LogP contribution >= 0.6 is 15.9 Å². The van der Waals surface area contributed by atoms with Crippen molar-refractivity contribution in [2.45, 2.75) is 25.7 Å². The maximum atomic E-state index is 5.56. The Morgan fingerprint density at radius 1 is 1.28 bits per heavy atom. The van der Waals surface area contributed by atoms with Crippen LogP contribution in [0.1, 0.15) is 23.4 Å². The van der Waals surface area contributed by atoms with Crippen molar-refractivity contribution >= 4 is 15.9 Å². The minimum Gasteiger partial charge on any atom is -0.336 e. The molecule has 3 nitrogen and oxygen atoms in total. The van der Waals surface area contributed by atoms with Crippen LogP contribution in [-0.4, -0.2) is 16.5 Å². The van der Waals surface area contributed by atoms with Gasteiger partial charge in [0.05, 0.1) is 0 Å². The predicted molar refractivity (Wildman–Crippen MR) is 76.5 cm³/mol. The Morgan fingerprint density at radius 3 is 2.94 bits per heavy atom. The number of nitrogens with one attached hydrogen (secondary N) is 1. The lowest BCUT2D eigenvalue weighted by Gasteiger charge is -2.02. The fourth-order valence-corrected chi connectivity index (χ4v) is 3.11. The van der Waals surface area contributed by atoms with Gasteiger partial charge in [-0.3, -0.25) is 0 Å². The molecule has 0 amide bonds. The van der Waals surface area contributed by atoms with E-state index in [0.717, 1.165) is 22.5 Å². The second kappa shape index (κ2) is 4.86. The molecule has 94 valence electrons. The van der Waals surface area contributed by atoms with Gasteiger partial charge in [-0.15, -0.1) is 0 Å². The molecule has 1 aliphatic rings. The summed E-state index contributed by atoms with van der Waals surface area (Å²) in [7, 11) is 0. The highest BCUT2D eigenvalue weighted by Gasteiger charge is 2.14. The van der Waals surface area contributed by atoms with Crippen molar-refractivity contribution in [2.24, 2.45) is 5.73 Å². The number of imidazole rings is 1. The number of nitrogens with zero attached hydrogens (tertiary/aromatic N) is 1. The van der Waals surface area contributed by atoms with Crippen molar-refractivity contribution in [3.8, 4) is 11.3 Å². The third-order valence-corrected chi connectivity index (χ3v) is 4.04. The second-order valence-electron chi connectivity index (χ2n) is 4.72. The van der Waals surface area contributed by atoms with Gasteiger partial charge in [-0.05, 0) is 58.9 Å². The monoisotopic (exact) mass is 305 g/mol. The number of hydrogen-bond donors (Lipinski definition) is 2. The Morgan fingerprint density at radius 2 is 2.11 bits per heavy atom. The summed E-state index contributed by atoms with van der Waals surface area (Å²) in [4.78, 5) is 7.85. The molecule has 0 spiro atoms. The lowest BCUT2D eigenvalue weighted by Crippen LogP contribution is -2.03. The number of benzene rings is 1. The molecule has 3 rings (SSSR count). The van der Waals surface area contributed by atoms with Crippen LogP contribution in [0.2, 0.25) is 0 Å². The summed E-state index contributed by atoms with van der Waals surface area (Å²) in [5, 5.41) is 0. The molecular formula is C14H16BrN3. The SMILES string of the molecule is NCCc1nc(-c2ccc3c(c2)CCC3)c(Br)[nH]1. The van der Waals surface area contributed by atoms with E-state index in [1.165, 1.54) is 36.0 Å². The van der Waals surface area contributed by atoms with Gasteiger partial charge in [-0.1, -0.05) is 12.1 Å². The molecule has 1 aromatic carbocycles. The largest absolute Gasteiger partial charge is 0.336 e. The fourth-order valence-electron chi connectivity index (χ4n) is 2.56. The Kier molecular flexibility index (Phi) is 3.22. The van der Waals surface area contributed by atoms with Crippen LogP contribution in [0.3, 0.4) is 0 Å². The summed E-state index contributed by atoms with van der Waals surface area (Å²) in [5.41, 5.74) is 10.7. The minimum absolute atomic E-state index is 0.615. The quantitative estimate of drug-likeness (QED) is 0.916. The molecule has 0 radical (unpaired) electrons. The first-order valence-corrected chi connectivity index (χ1v) is 7.14. The average molecular weight is 306 g/mol. The minimum atomic E-state index is 0.615. The smallest absolute Gasteiger partial charge is 0.110 e. The van der Waals surface area contributed by atoms with Crippen LogP contribution in [0.25, 0.3) is 11.3 Å². The summed E-state index contributed by atoms with van der Waals surface area (Å²) in [5.74, 6) is 0.944. The first-order valence-electron chi connectivity index (χ1n) is 6.34. The number of aromatic nitrogens is 2. The standard InChI is InChI=1S/C14H16BrN3/c15-14-13(17-12(18-14)6-7-16)11-5-4-9-2-1-3-10(9)8-11/h4-5,8H,1-3,6-7,16H2,(H,17,18). The highest BCUT2D eigenvalue weighted by molar-refractivity contribution is 9.10. The highest BCUT2D eigenvalue weighted by atomic mass is 79.9. The highest BCUT2D eigenvalue weighted by Crippen LogP contribution is 2.30. The Balaban J connectivity index is 1.99. The van der Waals surface area contributed by atoms with Crippen LogP contribution < -0.4 is 5.73 Å². The van der Waals surface area contributed by atoms with Gasteiger partial charge in [-0.2, -0.15) is 0 Å². The maximum absolute atomic E-state index is 5.56. The van der Waals surface area contributed by atoms with Gasteiger partial charge in [0, 0.05) is 12.0 Å². The van der Waals surface area contributed by atoms with Crippen molar-refractivity contribution in [1.29, 1.82) is 0 Å². The van der Waals surface area contributed by atoms with Gasteiger partial charge in [0.1, 0.15) is 16.1 Å². The molecule has 0 bridgehead atoms. The topological polar surface area (TPSA) is 54.7 Å². The molecule has 18 heavy (non-hydrogen) atoms. The third kappa shape index (κ3) is 2.10. The third-order valence-electron chi connectivity index (χ3n) is 3.46. The van der Waals surface area contributed by atoms with Crippen molar-refractivity contribution in [1.82, 2.24) is 9.97 Å². The van der Waals surface area contributed by atoms with Crippen molar-refractivity contribution in [2.75, 3.05) is 6.54 Å². The van der Waals surface area contributed by atoms with Crippen LogP contribution in [0, 0.1) is 0 Å². The molecule has 0 aliphatic heterocycles. The van der Waals surface area contributed by atoms with Gasteiger partial charge in [0.15, 0.2) is 0 Å². The van der Waals surface area contributed by atoms with E-state index in [4.69, 9.17) is 5.73 Å². The molecule has 4 heteroatoms. The first-order chi connectivity index (χ1) is 8.78. The van der Waals surface area contributed by atoms with E-state index >= 15 is 0 Å². The average Bonchev–Trinajstić information content (AvgIpc) is 2.95. The van der Waals surface area contributed by atoms with E-state index < -0.39 is 0 Å². The van der Waals surface area contributed by atoms with Gasteiger partial charge < -0.3 is 10.7 Å². The number of nitrogens with two attached hydrogens (primary N) is 1.